The molecule has 0 amide bonds. The Morgan fingerprint density at radius 3 is 2.72 bits per heavy atom. The molecule has 5 nitrogen and oxygen atoms in total. The summed E-state index contributed by atoms with van der Waals surface area (Å²) in [5.74, 6) is 0. The Labute approximate surface area is 112 Å². The highest BCUT2D eigenvalue weighted by Gasteiger charge is 2.34. The number of hydrogen-bond donors (Lipinski definition) is 1. The largest absolute Gasteiger partial charge is 0.326 e. The van der Waals surface area contributed by atoms with Gasteiger partial charge in [-0.1, -0.05) is 0 Å². The lowest BCUT2D eigenvalue weighted by Gasteiger charge is -2.19. The maximum atomic E-state index is 12.4. The van der Waals surface area contributed by atoms with Crippen LogP contribution in [0.2, 0.25) is 0 Å². The summed E-state index contributed by atoms with van der Waals surface area (Å²) in [6, 6.07) is 3.76. The van der Waals surface area contributed by atoms with Crippen LogP contribution in [0.25, 0.3) is 0 Å². The van der Waals surface area contributed by atoms with E-state index in [4.69, 9.17) is 5.73 Å². The molecule has 0 aliphatic carbocycles. The third kappa shape index (κ3) is 2.60. The zero-order chi connectivity index (χ0) is 13.3. The summed E-state index contributed by atoms with van der Waals surface area (Å²) in [5, 5.41) is 0. The first-order chi connectivity index (χ1) is 8.45. The van der Waals surface area contributed by atoms with Crippen molar-refractivity contribution < 1.29 is 8.42 Å². The average molecular weight is 289 g/mol. The van der Waals surface area contributed by atoms with Gasteiger partial charge in [0.25, 0.3) is 10.0 Å². The van der Waals surface area contributed by atoms with E-state index < -0.39 is 10.0 Å². The number of nitrogens with zero attached hydrogens (tertiary/aromatic N) is 2. The molecule has 2 heterocycles. The molecule has 0 saturated carbocycles. The lowest BCUT2D eigenvalue weighted by Crippen LogP contribution is -2.34. The summed E-state index contributed by atoms with van der Waals surface area (Å²) >= 11 is 1.27. The molecule has 2 rings (SSSR count). The van der Waals surface area contributed by atoms with E-state index in [1.54, 1.807) is 16.4 Å². The van der Waals surface area contributed by atoms with Gasteiger partial charge in [-0.05, 0) is 32.6 Å². The van der Waals surface area contributed by atoms with E-state index in [0.717, 1.165) is 11.3 Å². The second-order valence-corrected chi connectivity index (χ2v) is 8.03. The van der Waals surface area contributed by atoms with Gasteiger partial charge in [0.2, 0.25) is 0 Å². The van der Waals surface area contributed by atoms with Gasteiger partial charge in [-0.2, -0.15) is 4.31 Å². The van der Waals surface area contributed by atoms with Crippen molar-refractivity contribution in [3.8, 4) is 0 Å². The fourth-order valence-corrected chi connectivity index (χ4v) is 4.97. The first-order valence-corrected chi connectivity index (χ1v) is 8.16. The van der Waals surface area contributed by atoms with E-state index in [1.807, 2.05) is 14.1 Å². The molecular weight excluding hydrogens is 270 g/mol. The van der Waals surface area contributed by atoms with Crippen LogP contribution < -0.4 is 5.73 Å². The molecule has 1 atom stereocenters. The zero-order valence-electron chi connectivity index (χ0n) is 10.7. The second-order valence-electron chi connectivity index (χ2n) is 4.69. The third-order valence-corrected chi connectivity index (χ3v) is 6.73. The van der Waals surface area contributed by atoms with E-state index in [-0.39, 0.29) is 0 Å². The maximum Gasteiger partial charge on any atom is 0.252 e. The van der Waals surface area contributed by atoms with Crippen molar-refractivity contribution in [2.75, 3.05) is 27.2 Å². The van der Waals surface area contributed by atoms with Crippen molar-refractivity contribution >= 4 is 21.4 Å². The van der Waals surface area contributed by atoms with Crippen molar-refractivity contribution in [3.63, 3.8) is 0 Å². The Morgan fingerprint density at radius 1 is 1.50 bits per heavy atom. The van der Waals surface area contributed by atoms with Gasteiger partial charge in [0.15, 0.2) is 0 Å². The Balaban J connectivity index is 2.17. The van der Waals surface area contributed by atoms with Crippen LogP contribution in [0.5, 0.6) is 0 Å². The van der Waals surface area contributed by atoms with Gasteiger partial charge >= 0.3 is 0 Å². The topological polar surface area (TPSA) is 66.6 Å². The van der Waals surface area contributed by atoms with Gasteiger partial charge in [-0.3, -0.25) is 0 Å². The predicted octanol–water partition coefficient (Wildman–Crippen LogP) is 0.531. The normalized spacial score (nSPS) is 21.9. The minimum absolute atomic E-state index is 0.314. The van der Waals surface area contributed by atoms with Crippen LogP contribution in [0.4, 0.5) is 0 Å². The lowest BCUT2D eigenvalue weighted by molar-refractivity contribution is 0.302. The van der Waals surface area contributed by atoms with E-state index in [2.05, 4.69) is 4.90 Å². The van der Waals surface area contributed by atoms with Crippen molar-refractivity contribution in [3.05, 3.63) is 17.0 Å². The fraction of sp³-hybridized carbons (Fsp3) is 0.636. The van der Waals surface area contributed by atoms with Gasteiger partial charge in [0.05, 0.1) is 0 Å². The highest BCUT2D eigenvalue weighted by atomic mass is 32.2. The van der Waals surface area contributed by atoms with Crippen LogP contribution in [-0.2, 0) is 16.6 Å². The maximum absolute atomic E-state index is 12.4. The molecular formula is C11H19N3O2S2. The first kappa shape index (κ1) is 14.0. The summed E-state index contributed by atoms with van der Waals surface area (Å²) in [6.07, 6.45) is 0.890. The fourth-order valence-electron chi connectivity index (χ4n) is 2.08. The molecule has 0 spiro atoms. The molecule has 1 fully saturated rings. The highest BCUT2D eigenvalue weighted by Crippen LogP contribution is 2.27. The average Bonchev–Trinajstić information content (AvgIpc) is 2.98. The SMILES string of the molecule is CN(C)C1CCN(S(=O)(=O)c2ccc(CN)s2)C1. The van der Waals surface area contributed by atoms with Gasteiger partial charge in [-0.15, -0.1) is 11.3 Å². The lowest BCUT2D eigenvalue weighted by atomic mass is 10.2. The minimum atomic E-state index is -3.32. The van der Waals surface area contributed by atoms with Gasteiger partial charge in [-0.25, -0.2) is 8.42 Å². The predicted molar refractivity (Wildman–Crippen MR) is 73.1 cm³/mol. The van der Waals surface area contributed by atoms with Gasteiger partial charge < -0.3 is 10.6 Å². The van der Waals surface area contributed by atoms with Gasteiger partial charge in [0, 0.05) is 30.6 Å². The summed E-state index contributed by atoms with van der Waals surface area (Å²) < 4.78 is 26.8. The van der Waals surface area contributed by atoms with Crippen molar-refractivity contribution in [2.45, 2.75) is 23.2 Å². The van der Waals surface area contributed by atoms with Gasteiger partial charge in [0.1, 0.15) is 4.21 Å². The molecule has 18 heavy (non-hydrogen) atoms. The van der Waals surface area contributed by atoms with Crippen LogP contribution in [0.15, 0.2) is 16.3 Å². The molecule has 1 aromatic heterocycles. The van der Waals surface area contributed by atoms with E-state index in [1.165, 1.54) is 11.3 Å². The number of rotatable bonds is 4. The summed E-state index contributed by atoms with van der Waals surface area (Å²) in [4.78, 5) is 2.98. The monoisotopic (exact) mass is 289 g/mol. The second kappa shape index (κ2) is 5.26. The smallest absolute Gasteiger partial charge is 0.252 e. The molecule has 0 radical (unpaired) electrons. The Bertz CT molecular complexity index is 510. The number of thiophene rings is 1. The quantitative estimate of drug-likeness (QED) is 0.878. The van der Waals surface area contributed by atoms with Crippen LogP contribution in [0, 0.1) is 0 Å². The molecule has 1 aliphatic rings. The van der Waals surface area contributed by atoms with Crippen molar-refractivity contribution in [2.24, 2.45) is 5.73 Å². The van der Waals surface area contributed by atoms with Crippen LogP contribution >= 0.6 is 11.3 Å². The standard InChI is InChI=1S/C11H19N3O2S2/c1-13(2)9-5-6-14(8-9)18(15,16)11-4-3-10(7-12)17-11/h3-4,9H,5-8,12H2,1-2H3. The van der Waals surface area contributed by atoms with Crippen molar-refractivity contribution in [1.29, 1.82) is 0 Å². The Morgan fingerprint density at radius 2 is 2.22 bits per heavy atom. The molecule has 102 valence electrons. The number of sulfonamides is 1. The summed E-state index contributed by atoms with van der Waals surface area (Å²) in [7, 11) is 0.644. The minimum Gasteiger partial charge on any atom is -0.326 e. The molecule has 0 bridgehead atoms. The Hall–Kier alpha value is -0.470. The number of likely N-dealkylation sites (N-methyl/N-ethyl adjacent to an activating group) is 1. The van der Waals surface area contributed by atoms with Crippen LogP contribution in [-0.4, -0.2) is 50.8 Å². The molecule has 0 aromatic carbocycles. The Kier molecular flexibility index (Phi) is 4.08. The molecule has 7 heteroatoms. The third-order valence-electron chi connectivity index (χ3n) is 3.29. The molecule has 1 aliphatic heterocycles. The molecule has 1 saturated heterocycles. The van der Waals surface area contributed by atoms with Crippen LogP contribution in [0.1, 0.15) is 11.3 Å². The summed E-state index contributed by atoms with van der Waals surface area (Å²) in [5.41, 5.74) is 5.52. The number of hydrogen-bond acceptors (Lipinski definition) is 5. The van der Waals surface area contributed by atoms with Crippen LogP contribution in [0.3, 0.4) is 0 Å². The molecule has 1 aromatic rings. The highest BCUT2D eigenvalue weighted by molar-refractivity contribution is 7.91. The molecule has 2 N–H and O–H groups in total. The van der Waals surface area contributed by atoms with E-state index in [9.17, 15) is 8.42 Å². The first-order valence-electron chi connectivity index (χ1n) is 5.90. The van der Waals surface area contributed by atoms with Crippen molar-refractivity contribution in [1.82, 2.24) is 9.21 Å². The van der Waals surface area contributed by atoms with E-state index >= 15 is 0 Å². The molecule has 1 unspecified atom stereocenters. The van der Waals surface area contributed by atoms with E-state index in [0.29, 0.717) is 29.9 Å². The number of nitrogens with two attached hydrogens (primary N) is 1. The zero-order valence-corrected chi connectivity index (χ0v) is 12.3. The summed E-state index contributed by atoms with van der Waals surface area (Å²) in [6.45, 7) is 1.56.